The predicted octanol–water partition coefficient (Wildman–Crippen LogP) is 5.19. The summed E-state index contributed by atoms with van der Waals surface area (Å²) >= 11 is 6.54. The van der Waals surface area contributed by atoms with E-state index < -0.39 is 0 Å². The highest BCUT2D eigenvalue weighted by Crippen LogP contribution is 2.53. The van der Waals surface area contributed by atoms with Crippen LogP contribution in [0.15, 0.2) is 60.7 Å². The second-order valence-electron chi connectivity index (χ2n) is 7.92. The number of benzene rings is 3. The molecule has 0 saturated carbocycles. The first-order valence-electron chi connectivity index (χ1n) is 9.84. The maximum atomic E-state index is 9.80. The van der Waals surface area contributed by atoms with Crippen LogP contribution in [0.4, 0.5) is 5.69 Å². The molecular weight excluding hydrogens is 382 g/mol. The van der Waals surface area contributed by atoms with Gasteiger partial charge in [-0.25, -0.2) is 0 Å². The van der Waals surface area contributed by atoms with E-state index in [4.69, 9.17) is 22.7 Å². The molecule has 1 heterocycles. The standard InChI is InChI=1S/C24H22ClN3O/c25-20-12-15(29)7-9-17(20)23-18-8-5-13-3-1-2-4-16(13)22(18)19-11-14(24(26)27)6-10-21(19)28-23/h1-4,6-7,9-12,18,22-23,28-29H,5,8H2,(H3,26,27). The highest BCUT2D eigenvalue weighted by Gasteiger charge is 2.41. The van der Waals surface area contributed by atoms with Crippen molar-refractivity contribution in [1.82, 2.24) is 0 Å². The molecule has 0 saturated heterocycles. The fourth-order valence-electron chi connectivity index (χ4n) is 5.01. The number of fused-ring (bicyclic) bond motifs is 5. The molecule has 146 valence electrons. The number of anilines is 1. The number of hydrogen-bond donors (Lipinski definition) is 4. The van der Waals surface area contributed by atoms with Crippen LogP contribution in [-0.4, -0.2) is 10.9 Å². The third-order valence-electron chi connectivity index (χ3n) is 6.32. The van der Waals surface area contributed by atoms with Gasteiger partial charge in [0, 0.05) is 22.2 Å². The Kier molecular flexibility index (Phi) is 4.25. The Morgan fingerprint density at radius 3 is 2.66 bits per heavy atom. The molecule has 5 N–H and O–H groups in total. The maximum absolute atomic E-state index is 9.80. The van der Waals surface area contributed by atoms with E-state index >= 15 is 0 Å². The number of nitrogens with one attached hydrogen (secondary N) is 2. The largest absolute Gasteiger partial charge is 0.508 e. The van der Waals surface area contributed by atoms with Gasteiger partial charge in [-0.1, -0.05) is 41.9 Å². The lowest BCUT2D eigenvalue weighted by Crippen LogP contribution is -2.35. The van der Waals surface area contributed by atoms with Crippen LogP contribution in [0.1, 0.15) is 46.2 Å². The molecule has 4 nitrogen and oxygen atoms in total. The van der Waals surface area contributed by atoms with Gasteiger partial charge in [0.05, 0.1) is 6.04 Å². The van der Waals surface area contributed by atoms with E-state index in [-0.39, 0.29) is 23.5 Å². The molecule has 3 atom stereocenters. The monoisotopic (exact) mass is 403 g/mol. The molecule has 0 spiro atoms. The van der Waals surface area contributed by atoms with Crippen LogP contribution in [-0.2, 0) is 6.42 Å². The maximum Gasteiger partial charge on any atom is 0.122 e. The molecule has 0 amide bonds. The number of amidine groups is 1. The summed E-state index contributed by atoms with van der Waals surface area (Å²) in [5, 5.41) is 21.9. The van der Waals surface area contributed by atoms with Crippen LogP contribution in [0, 0.1) is 11.3 Å². The van der Waals surface area contributed by atoms with Gasteiger partial charge in [-0.2, -0.15) is 0 Å². The number of phenols is 1. The van der Waals surface area contributed by atoms with Gasteiger partial charge in [-0.3, -0.25) is 5.41 Å². The SMILES string of the molecule is N=C(N)c1ccc2c(c1)C1c3ccccc3CCC1C(c1ccc(O)cc1Cl)N2. The van der Waals surface area contributed by atoms with Crippen LogP contribution >= 0.6 is 11.6 Å². The topological polar surface area (TPSA) is 82.1 Å². The number of phenolic OH excluding ortho intramolecular Hbond substituents is 1. The first-order chi connectivity index (χ1) is 14.0. The minimum absolute atomic E-state index is 0.0390. The second-order valence-corrected chi connectivity index (χ2v) is 8.33. The molecule has 2 aliphatic rings. The van der Waals surface area contributed by atoms with Crippen molar-refractivity contribution in [3.05, 3.63) is 93.5 Å². The van der Waals surface area contributed by atoms with Gasteiger partial charge >= 0.3 is 0 Å². The van der Waals surface area contributed by atoms with Crippen molar-refractivity contribution >= 4 is 23.1 Å². The smallest absolute Gasteiger partial charge is 0.122 e. The molecule has 1 aliphatic heterocycles. The van der Waals surface area contributed by atoms with Crippen molar-refractivity contribution in [2.45, 2.75) is 24.8 Å². The molecule has 0 bridgehead atoms. The van der Waals surface area contributed by atoms with Gasteiger partial charge < -0.3 is 16.2 Å². The quantitative estimate of drug-likeness (QED) is 0.351. The Hall–Kier alpha value is -2.98. The third-order valence-corrected chi connectivity index (χ3v) is 6.65. The normalized spacial score (nSPS) is 22.0. The van der Waals surface area contributed by atoms with Crippen molar-refractivity contribution in [3.8, 4) is 5.75 Å². The Morgan fingerprint density at radius 1 is 1.03 bits per heavy atom. The molecular formula is C24H22ClN3O. The molecule has 0 radical (unpaired) electrons. The lowest BCUT2D eigenvalue weighted by molar-refractivity contribution is 0.348. The Bertz CT molecular complexity index is 1130. The zero-order valence-electron chi connectivity index (χ0n) is 15.8. The first-order valence-corrected chi connectivity index (χ1v) is 10.2. The summed E-state index contributed by atoms with van der Waals surface area (Å²) in [7, 11) is 0. The highest BCUT2D eigenvalue weighted by molar-refractivity contribution is 6.31. The number of aromatic hydroxyl groups is 1. The highest BCUT2D eigenvalue weighted by atomic mass is 35.5. The number of rotatable bonds is 2. The average molecular weight is 404 g/mol. The van der Waals surface area contributed by atoms with Gasteiger partial charge in [-0.05, 0) is 71.3 Å². The number of nitrogen functional groups attached to an aromatic ring is 1. The molecule has 0 aromatic heterocycles. The lowest BCUT2D eigenvalue weighted by atomic mass is 9.65. The second kappa shape index (κ2) is 6.82. The molecule has 0 fully saturated rings. The molecule has 3 aromatic carbocycles. The van der Waals surface area contributed by atoms with Gasteiger partial charge in [-0.15, -0.1) is 0 Å². The van der Waals surface area contributed by atoms with Crippen LogP contribution in [0.2, 0.25) is 5.02 Å². The van der Waals surface area contributed by atoms with Crippen LogP contribution in [0.3, 0.4) is 0 Å². The van der Waals surface area contributed by atoms with E-state index in [1.807, 2.05) is 18.2 Å². The van der Waals surface area contributed by atoms with Crippen molar-refractivity contribution in [3.63, 3.8) is 0 Å². The zero-order chi connectivity index (χ0) is 20.1. The summed E-state index contributed by atoms with van der Waals surface area (Å²) in [6, 6.07) is 19.9. The summed E-state index contributed by atoms with van der Waals surface area (Å²) in [6.07, 6.45) is 2.05. The summed E-state index contributed by atoms with van der Waals surface area (Å²) in [5.74, 6) is 0.760. The molecule has 29 heavy (non-hydrogen) atoms. The van der Waals surface area contributed by atoms with E-state index in [0.717, 1.165) is 29.7 Å². The van der Waals surface area contributed by atoms with E-state index in [9.17, 15) is 5.11 Å². The van der Waals surface area contributed by atoms with E-state index in [1.165, 1.54) is 16.7 Å². The van der Waals surface area contributed by atoms with E-state index in [0.29, 0.717) is 10.9 Å². The number of hydrogen-bond acceptors (Lipinski definition) is 3. The summed E-state index contributed by atoms with van der Waals surface area (Å²) < 4.78 is 0. The van der Waals surface area contributed by atoms with Crippen LogP contribution in [0.5, 0.6) is 5.75 Å². The van der Waals surface area contributed by atoms with Crippen molar-refractivity contribution in [2.75, 3.05) is 5.32 Å². The van der Waals surface area contributed by atoms with Crippen LogP contribution in [0.25, 0.3) is 0 Å². The molecule has 5 rings (SSSR count). The summed E-state index contributed by atoms with van der Waals surface area (Å²) in [5.41, 5.74) is 12.5. The van der Waals surface area contributed by atoms with Gasteiger partial charge in [0.15, 0.2) is 0 Å². The number of halogens is 1. The fraction of sp³-hybridized carbons (Fsp3) is 0.208. The fourth-order valence-corrected chi connectivity index (χ4v) is 5.30. The van der Waals surface area contributed by atoms with E-state index in [2.05, 4.69) is 35.6 Å². The van der Waals surface area contributed by atoms with Gasteiger partial charge in [0.1, 0.15) is 11.6 Å². The van der Waals surface area contributed by atoms with Crippen molar-refractivity contribution in [1.29, 1.82) is 5.41 Å². The molecule has 5 heteroatoms. The molecule has 3 aromatic rings. The Morgan fingerprint density at radius 2 is 1.86 bits per heavy atom. The third kappa shape index (κ3) is 2.95. The predicted molar refractivity (Wildman–Crippen MR) is 117 cm³/mol. The Labute approximate surface area is 174 Å². The Balaban J connectivity index is 1.71. The van der Waals surface area contributed by atoms with Crippen molar-refractivity contribution < 1.29 is 5.11 Å². The summed E-state index contributed by atoms with van der Waals surface area (Å²) in [6.45, 7) is 0. The minimum Gasteiger partial charge on any atom is -0.508 e. The van der Waals surface area contributed by atoms with Gasteiger partial charge in [0.2, 0.25) is 0 Å². The summed E-state index contributed by atoms with van der Waals surface area (Å²) in [4.78, 5) is 0. The zero-order valence-corrected chi connectivity index (χ0v) is 16.6. The average Bonchev–Trinajstić information content (AvgIpc) is 2.72. The van der Waals surface area contributed by atoms with E-state index in [1.54, 1.807) is 12.1 Å². The number of nitrogens with two attached hydrogens (primary N) is 1. The first kappa shape index (κ1) is 18.1. The number of aryl methyl sites for hydroxylation is 1. The molecule has 3 unspecified atom stereocenters. The van der Waals surface area contributed by atoms with Crippen LogP contribution < -0.4 is 11.1 Å². The van der Waals surface area contributed by atoms with Crippen molar-refractivity contribution in [2.24, 2.45) is 11.7 Å². The van der Waals surface area contributed by atoms with Gasteiger partial charge in [0.25, 0.3) is 0 Å². The minimum atomic E-state index is 0.0390. The molecule has 1 aliphatic carbocycles. The lowest BCUT2D eigenvalue weighted by Gasteiger charge is -2.45.